The molecule has 90 valence electrons. The maximum absolute atomic E-state index is 11.4. The summed E-state index contributed by atoms with van der Waals surface area (Å²) in [6.07, 6.45) is 2.34. The number of benzene rings is 1. The Balaban J connectivity index is 2.53. The Hall–Kier alpha value is -0.207. The van der Waals surface area contributed by atoms with Gasteiger partial charge < -0.3 is 0 Å². The standard InChI is InChI=1S/C13H17O2.BrH.Zn/c1-3-5-6-11-7-9-12(10-8-11)13(14)15-4-2;;/h3,7-10H,4-6H2,1-2H3;1H;/q;;+1/p-1. The molecule has 0 fully saturated rings. The second-order valence-electron chi connectivity index (χ2n) is 4.22. The minimum atomic E-state index is -0.453. The fourth-order valence-corrected chi connectivity index (χ4v) is 3.95. The van der Waals surface area contributed by atoms with Crippen LogP contribution in [-0.4, -0.2) is 12.6 Å². The van der Waals surface area contributed by atoms with Crippen LogP contribution in [0.3, 0.4) is 0 Å². The average molecular weight is 351 g/mol. The number of ether oxygens (including phenoxy) is 1. The monoisotopic (exact) mass is 348 g/mol. The van der Waals surface area contributed by atoms with Gasteiger partial charge in [-0.3, -0.25) is 0 Å². The summed E-state index contributed by atoms with van der Waals surface area (Å²) < 4.78 is 5.81. The zero-order chi connectivity index (χ0) is 12.7. The summed E-state index contributed by atoms with van der Waals surface area (Å²) >= 11 is 3.21. The van der Waals surface area contributed by atoms with Gasteiger partial charge >= 0.3 is 117 Å². The molecule has 0 spiro atoms. The first-order chi connectivity index (χ1) is 8.17. The number of hydrogen-bond donors (Lipinski definition) is 0. The van der Waals surface area contributed by atoms with Gasteiger partial charge in [-0.05, 0) is 0 Å². The number of rotatable bonds is 6. The summed E-state index contributed by atoms with van der Waals surface area (Å²) in [6.45, 7) is 4.55. The Morgan fingerprint density at radius 2 is 2.06 bits per heavy atom. The molecule has 1 aromatic rings. The van der Waals surface area contributed by atoms with Crippen molar-refractivity contribution in [2.75, 3.05) is 6.61 Å². The molecule has 0 aliphatic rings. The zero-order valence-electron chi connectivity index (χ0n) is 10.4. The van der Waals surface area contributed by atoms with E-state index in [0.717, 1.165) is 10.9 Å². The normalized spacial score (nSPS) is 11.7. The molecule has 0 radical (unpaired) electrons. The van der Waals surface area contributed by atoms with Crippen molar-refractivity contribution in [3.63, 3.8) is 0 Å². The summed E-state index contributed by atoms with van der Waals surface area (Å²) in [5, 5.41) is 0. The fraction of sp³-hybridized carbons (Fsp3) is 0.462. The van der Waals surface area contributed by atoms with Crippen LogP contribution in [0, 0.1) is 0 Å². The van der Waals surface area contributed by atoms with Gasteiger partial charge in [0, 0.05) is 0 Å². The molecule has 1 rings (SSSR count). The van der Waals surface area contributed by atoms with Crippen LogP contribution >= 0.6 is 13.6 Å². The van der Waals surface area contributed by atoms with Gasteiger partial charge in [0.25, 0.3) is 0 Å². The molecule has 0 amide bonds. The number of halogens is 1. The van der Waals surface area contributed by atoms with E-state index in [1.165, 1.54) is 12.0 Å². The summed E-state index contributed by atoms with van der Waals surface area (Å²) in [5.41, 5.74) is 1.94. The van der Waals surface area contributed by atoms with Gasteiger partial charge in [-0.15, -0.1) is 0 Å². The molecule has 1 atom stereocenters. The quantitative estimate of drug-likeness (QED) is 0.573. The van der Waals surface area contributed by atoms with Crippen LogP contribution in [0.4, 0.5) is 0 Å². The van der Waals surface area contributed by atoms with Crippen molar-refractivity contribution in [2.45, 2.75) is 31.2 Å². The van der Waals surface area contributed by atoms with E-state index in [0.29, 0.717) is 12.2 Å². The van der Waals surface area contributed by atoms with Crippen molar-refractivity contribution in [1.29, 1.82) is 0 Å². The van der Waals surface area contributed by atoms with Crippen molar-refractivity contribution in [1.82, 2.24) is 0 Å². The van der Waals surface area contributed by atoms with E-state index < -0.39 is 15.2 Å². The first kappa shape index (κ1) is 14.9. The van der Waals surface area contributed by atoms with Gasteiger partial charge in [0.05, 0.1) is 0 Å². The van der Waals surface area contributed by atoms with Gasteiger partial charge in [-0.25, -0.2) is 0 Å². The van der Waals surface area contributed by atoms with Crippen molar-refractivity contribution in [3.05, 3.63) is 35.4 Å². The van der Waals surface area contributed by atoms with E-state index in [-0.39, 0.29) is 5.97 Å². The summed E-state index contributed by atoms with van der Waals surface area (Å²) in [5.74, 6) is -0.233. The average Bonchev–Trinajstić information content (AvgIpc) is 2.36. The molecule has 0 heterocycles. The number of hydrogen-bond acceptors (Lipinski definition) is 2. The number of esters is 1. The zero-order valence-corrected chi connectivity index (χ0v) is 15.0. The van der Waals surface area contributed by atoms with Crippen LogP contribution in [0.2, 0.25) is 4.51 Å². The third-order valence-corrected chi connectivity index (χ3v) is 10.4. The van der Waals surface area contributed by atoms with Crippen LogP contribution in [-0.2, 0) is 26.3 Å². The predicted molar refractivity (Wildman–Crippen MR) is 69.1 cm³/mol. The molecule has 1 aromatic carbocycles. The van der Waals surface area contributed by atoms with Gasteiger partial charge in [0.2, 0.25) is 0 Å². The van der Waals surface area contributed by atoms with Gasteiger partial charge in [0.15, 0.2) is 0 Å². The van der Waals surface area contributed by atoms with E-state index in [1.807, 2.05) is 31.2 Å². The summed E-state index contributed by atoms with van der Waals surface area (Å²) in [7, 11) is 0. The maximum atomic E-state index is 11.4. The van der Waals surface area contributed by atoms with Crippen LogP contribution < -0.4 is 0 Å². The first-order valence-electron chi connectivity index (χ1n) is 5.99. The van der Waals surface area contributed by atoms with Crippen molar-refractivity contribution < 1.29 is 24.7 Å². The van der Waals surface area contributed by atoms with Crippen molar-refractivity contribution in [3.8, 4) is 0 Å². The molecular weight excluding hydrogens is 333 g/mol. The molecule has 17 heavy (non-hydrogen) atoms. The van der Waals surface area contributed by atoms with E-state index >= 15 is 0 Å². The third kappa shape index (κ3) is 5.31. The van der Waals surface area contributed by atoms with Crippen molar-refractivity contribution in [2.24, 2.45) is 0 Å². The fourth-order valence-electron chi connectivity index (χ4n) is 1.51. The molecule has 4 heteroatoms. The Labute approximate surface area is 117 Å². The van der Waals surface area contributed by atoms with Crippen LogP contribution in [0.1, 0.15) is 36.2 Å². The van der Waals surface area contributed by atoms with Gasteiger partial charge in [-0.1, -0.05) is 0 Å². The molecule has 0 bridgehead atoms. The molecule has 0 aliphatic heterocycles. The van der Waals surface area contributed by atoms with E-state index in [4.69, 9.17) is 4.74 Å². The molecule has 0 aromatic heterocycles. The second-order valence-corrected chi connectivity index (χ2v) is 11.2. The Morgan fingerprint density at radius 1 is 1.41 bits per heavy atom. The number of carbonyl (C=O) groups is 1. The van der Waals surface area contributed by atoms with E-state index in [1.54, 1.807) is 0 Å². The topological polar surface area (TPSA) is 26.3 Å². The van der Waals surface area contributed by atoms with Gasteiger partial charge in [0.1, 0.15) is 0 Å². The summed E-state index contributed by atoms with van der Waals surface area (Å²) in [6, 6.07) is 7.77. The molecule has 0 aliphatic carbocycles. The van der Waals surface area contributed by atoms with Crippen LogP contribution in [0.25, 0.3) is 0 Å². The van der Waals surface area contributed by atoms with E-state index in [2.05, 4.69) is 20.5 Å². The van der Waals surface area contributed by atoms with Crippen LogP contribution in [0.15, 0.2) is 24.3 Å². The van der Waals surface area contributed by atoms with Crippen LogP contribution in [0.5, 0.6) is 0 Å². The molecule has 1 unspecified atom stereocenters. The Morgan fingerprint density at radius 3 is 2.59 bits per heavy atom. The molecular formula is C13H17BrO2Zn. The third-order valence-electron chi connectivity index (χ3n) is 2.65. The SMILES string of the molecule is CCOC(=O)c1ccc(CC[CH](C)[Zn][Br])cc1. The molecule has 0 N–H and O–H groups in total. The van der Waals surface area contributed by atoms with Crippen molar-refractivity contribution >= 4 is 19.6 Å². The Kier molecular flexibility index (Phi) is 6.98. The minimum absolute atomic E-state index is 0.233. The number of aryl methyl sites for hydroxylation is 1. The predicted octanol–water partition coefficient (Wildman–Crippen LogP) is 4.00. The molecule has 0 saturated carbocycles. The summed E-state index contributed by atoms with van der Waals surface area (Å²) in [4.78, 5) is 11.4. The number of carbonyl (C=O) groups excluding carboxylic acids is 1. The first-order valence-corrected chi connectivity index (χ1v) is 14.7. The van der Waals surface area contributed by atoms with Gasteiger partial charge in [-0.2, -0.15) is 0 Å². The Bertz CT molecular complexity index is 351. The molecule has 2 nitrogen and oxygen atoms in total. The van der Waals surface area contributed by atoms with E-state index in [9.17, 15) is 4.79 Å². The molecule has 0 saturated heterocycles. The second kappa shape index (κ2) is 7.99.